The molecule has 0 unspecified atom stereocenters. The lowest BCUT2D eigenvalue weighted by atomic mass is 10.2. The van der Waals surface area contributed by atoms with E-state index in [1.165, 1.54) is 38.8 Å². The summed E-state index contributed by atoms with van der Waals surface area (Å²) in [6.45, 7) is 5.86. The number of hydrogen-bond donors (Lipinski definition) is 1. The fourth-order valence-corrected chi connectivity index (χ4v) is 1.96. The summed E-state index contributed by atoms with van der Waals surface area (Å²) in [4.78, 5) is 2.60. The minimum absolute atomic E-state index is 0.345. The molecule has 0 aliphatic heterocycles. The molecule has 13 heavy (non-hydrogen) atoms. The van der Waals surface area contributed by atoms with E-state index < -0.39 is 0 Å². The van der Waals surface area contributed by atoms with Crippen LogP contribution in [0.15, 0.2) is 0 Å². The molecular formula is C11H22N2. The highest BCUT2D eigenvalue weighted by atomic mass is 15.1. The lowest BCUT2D eigenvalue weighted by Crippen LogP contribution is -2.38. The van der Waals surface area contributed by atoms with Gasteiger partial charge in [-0.3, -0.25) is 0 Å². The molecule has 0 heterocycles. The summed E-state index contributed by atoms with van der Waals surface area (Å²) < 4.78 is 0. The first-order valence-corrected chi connectivity index (χ1v) is 5.72. The highest BCUT2D eigenvalue weighted by Gasteiger charge is 2.29. The Morgan fingerprint density at radius 2 is 1.62 bits per heavy atom. The Kier molecular flexibility index (Phi) is 2.89. The Hall–Kier alpha value is -0.0800. The molecule has 0 amide bonds. The van der Waals surface area contributed by atoms with Crippen molar-refractivity contribution in [3.8, 4) is 0 Å². The molecule has 0 aromatic rings. The van der Waals surface area contributed by atoms with E-state index in [0.29, 0.717) is 6.04 Å². The molecule has 76 valence electrons. The molecule has 1 atom stereocenters. The van der Waals surface area contributed by atoms with Crippen LogP contribution >= 0.6 is 0 Å². The smallest absolute Gasteiger partial charge is 0.0139 e. The first kappa shape index (κ1) is 9.47. The Morgan fingerprint density at radius 3 is 1.92 bits per heavy atom. The van der Waals surface area contributed by atoms with Crippen LogP contribution in [0, 0.1) is 11.8 Å². The molecule has 0 radical (unpaired) electrons. The highest BCUT2D eigenvalue weighted by molar-refractivity contribution is 4.83. The minimum atomic E-state index is 0.345. The third kappa shape index (κ3) is 3.65. The molecule has 2 aliphatic carbocycles. The molecule has 2 fully saturated rings. The molecule has 0 aromatic carbocycles. The van der Waals surface area contributed by atoms with Gasteiger partial charge >= 0.3 is 0 Å². The molecule has 2 nitrogen and oxygen atoms in total. The molecule has 0 spiro atoms. The number of nitrogens with two attached hydrogens (primary N) is 1. The average Bonchev–Trinajstić information content (AvgIpc) is 2.79. The van der Waals surface area contributed by atoms with E-state index in [2.05, 4.69) is 11.8 Å². The van der Waals surface area contributed by atoms with Crippen molar-refractivity contribution in [1.82, 2.24) is 4.90 Å². The van der Waals surface area contributed by atoms with Gasteiger partial charge in [0.25, 0.3) is 0 Å². The summed E-state index contributed by atoms with van der Waals surface area (Å²) in [5, 5.41) is 0. The van der Waals surface area contributed by atoms with Crippen molar-refractivity contribution >= 4 is 0 Å². The zero-order chi connectivity index (χ0) is 9.26. The van der Waals surface area contributed by atoms with E-state index in [4.69, 9.17) is 5.73 Å². The van der Waals surface area contributed by atoms with Gasteiger partial charge in [-0.15, -0.1) is 0 Å². The van der Waals surface area contributed by atoms with Crippen molar-refractivity contribution in [3.05, 3.63) is 0 Å². The minimum Gasteiger partial charge on any atom is -0.327 e. The van der Waals surface area contributed by atoms with Crippen molar-refractivity contribution in [2.75, 3.05) is 19.6 Å². The van der Waals surface area contributed by atoms with Crippen molar-refractivity contribution in [2.24, 2.45) is 17.6 Å². The van der Waals surface area contributed by atoms with Crippen molar-refractivity contribution < 1.29 is 0 Å². The fraction of sp³-hybridized carbons (Fsp3) is 1.00. The second-order valence-electron chi connectivity index (χ2n) is 5.08. The average molecular weight is 182 g/mol. The fourth-order valence-electron chi connectivity index (χ4n) is 1.96. The molecule has 2 rings (SSSR count). The summed E-state index contributed by atoms with van der Waals surface area (Å²) in [6, 6.07) is 0.345. The summed E-state index contributed by atoms with van der Waals surface area (Å²) in [5.74, 6) is 2.02. The molecule has 2 heteroatoms. The lowest BCUT2D eigenvalue weighted by Gasteiger charge is -2.23. The number of hydrogen-bond acceptors (Lipinski definition) is 2. The van der Waals surface area contributed by atoms with Crippen LogP contribution in [0.25, 0.3) is 0 Å². The highest BCUT2D eigenvalue weighted by Crippen LogP contribution is 2.33. The van der Waals surface area contributed by atoms with Crippen LogP contribution in [0.2, 0.25) is 0 Å². The van der Waals surface area contributed by atoms with E-state index in [-0.39, 0.29) is 0 Å². The monoisotopic (exact) mass is 182 g/mol. The van der Waals surface area contributed by atoms with E-state index >= 15 is 0 Å². The Morgan fingerprint density at radius 1 is 1.15 bits per heavy atom. The van der Waals surface area contributed by atoms with Crippen LogP contribution in [-0.2, 0) is 0 Å². The first-order chi connectivity index (χ1) is 6.24. The van der Waals surface area contributed by atoms with E-state index in [1.54, 1.807) is 0 Å². The third-order valence-electron chi connectivity index (χ3n) is 2.97. The zero-order valence-corrected chi connectivity index (χ0v) is 8.71. The van der Waals surface area contributed by atoms with Gasteiger partial charge in [0.1, 0.15) is 0 Å². The maximum atomic E-state index is 5.84. The van der Waals surface area contributed by atoms with Crippen LogP contribution in [0.5, 0.6) is 0 Å². The SMILES string of the molecule is C[C@@H](N)CN(CC1CC1)CC1CC1. The van der Waals surface area contributed by atoms with Crippen molar-refractivity contribution in [3.63, 3.8) is 0 Å². The van der Waals surface area contributed by atoms with Crippen LogP contribution < -0.4 is 5.73 Å². The van der Waals surface area contributed by atoms with E-state index in [9.17, 15) is 0 Å². The predicted octanol–water partition coefficient (Wildman–Crippen LogP) is 1.46. The molecule has 0 saturated heterocycles. The molecule has 2 saturated carbocycles. The largest absolute Gasteiger partial charge is 0.327 e. The summed E-state index contributed by atoms with van der Waals surface area (Å²) in [5.41, 5.74) is 5.84. The third-order valence-corrected chi connectivity index (χ3v) is 2.97. The molecule has 2 aliphatic rings. The predicted molar refractivity (Wildman–Crippen MR) is 55.5 cm³/mol. The zero-order valence-electron chi connectivity index (χ0n) is 8.71. The Labute approximate surface area is 81.5 Å². The number of nitrogens with zero attached hydrogens (tertiary/aromatic N) is 1. The maximum Gasteiger partial charge on any atom is 0.0139 e. The van der Waals surface area contributed by atoms with Gasteiger partial charge < -0.3 is 10.6 Å². The summed E-state index contributed by atoms with van der Waals surface area (Å²) in [6.07, 6.45) is 5.83. The van der Waals surface area contributed by atoms with Crippen LogP contribution in [0.1, 0.15) is 32.6 Å². The van der Waals surface area contributed by atoms with Gasteiger partial charge in [0, 0.05) is 25.7 Å². The quantitative estimate of drug-likeness (QED) is 0.674. The molecule has 0 bridgehead atoms. The summed E-state index contributed by atoms with van der Waals surface area (Å²) >= 11 is 0. The second-order valence-corrected chi connectivity index (χ2v) is 5.08. The van der Waals surface area contributed by atoms with E-state index in [1.807, 2.05) is 0 Å². The molecule has 0 aromatic heterocycles. The van der Waals surface area contributed by atoms with Gasteiger partial charge in [0.2, 0.25) is 0 Å². The van der Waals surface area contributed by atoms with Gasteiger partial charge in [-0.25, -0.2) is 0 Å². The van der Waals surface area contributed by atoms with Gasteiger partial charge in [0.15, 0.2) is 0 Å². The van der Waals surface area contributed by atoms with Gasteiger partial charge in [-0.05, 0) is 44.4 Å². The molecular weight excluding hydrogens is 160 g/mol. The van der Waals surface area contributed by atoms with Crippen LogP contribution in [-0.4, -0.2) is 30.6 Å². The maximum absolute atomic E-state index is 5.84. The Bertz CT molecular complexity index is 140. The summed E-state index contributed by atoms with van der Waals surface area (Å²) in [7, 11) is 0. The number of rotatable bonds is 6. The molecule has 2 N–H and O–H groups in total. The van der Waals surface area contributed by atoms with Gasteiger partial charge in [0.05, 0.1) is 0 Å². The standard InChI is InChI=1S/C11H22N2/c1-9(12)6-13(7-10-2-3-10)8-11-4-5-11/h9-11H,2-8,12H2,1H3/t9-/m1/s1. The van der Waals surface area contributed by atoms with Crippen molar-refractivity contribution in [1.29, 1.82) is 0 Å². The first-order valence-electron chi connectivity index (χ1n) is 5.72. The Balaban J connectivity index is 1.70. The normalized spacial score (nSPS) is 25.2. The second kappa shape index (κ2) is 3.97. The topological polar surface area (TPSA) is 29.3 Å². The van der Waals surface area contributed by atoms with Crippen molar-refractivity contribution in [2.45, 2.75) is 38.6 Å². The van der Waals surface area contributed by atoms with E-state index in [0.717, 1.165) is 18.4 Å². The van der Waals surface area contributed by atoms with Crippen LogP contribution in [0.4, 0.5) is 0 Å². The van der Waals surface area contributed by atoms with Gasteiger partial charge in [-0.1, -0.05) is 0 Å². The van der Waals surface area contributed by atoms with Crippen LogP contribution in [0.3, 0.4) is 0 Å². The lowest BCUT2D eigenvalue weighted by molar-refractivity contribution is 0.241. The van der Waals surface area contributed by atoms with Gasteiger partial charge in [-0.2, -0.15) is 0 Å².